The largest absolute Gasteiger partial charge is 0.392 e. The van der Waals surface area contributed by atoms with Gasteiger partial charge in [0.25, 0.3) is 0 Å². The molecule has 112 valence electrons. The number of aliphatic hydroxyl groups excluding tert-OH is 1. The van der Waals surface area contributed by atoms with E-state index in [-0.39, 0.29) is 16.6 Å². The summed E-state index contributed by atoms with van der Waals surface area (Å²) in [5, 5.41) is 11.2. The van der Waals surface area contributed by atoms with Crippen molar-refractivity contribution >= 4 is 32.4 Å². The van der Waals surface area contributed by atoms with Crippen molar-refractivity contribution in [3.8, 4) is 0 Å². The number of pyridine rings is 1. The van der Waals surface area contributed by atoms with Crippen molar-refractivity contribution in [1.82, 2.24) is 9.29 Å². The molecule has 1 aromatic carbocycles. The number of hydrogen-bond donors (Lipinski definition) is 1. The van der Waals surface area contributed by atoms with Gasteiger partial charge in [0.2, 0.25) is 10.0 Å². The lowest BCUT2D eigenvalue weighted by molar-refractivity contribution is 0.108. The minimum absolute atomic E-state index is 0.136. The normalized spacial score (nSPS) is 20.8. The van der Waals surface area contributed by atoms with E-state index in [1.54, 1.807) is 24.3 Å². The lowest BCUT2D eigenvalue weighted by Gasteiger charge is -2.29. The molecule has 1 fully saturated rings. The number of sulfonamides is 1. The maximum Gasteiger partial charge on any atom is 0.243 e. The molecule has 1 atom stereocenters. The molecule has 0 spiro atoms. The van der Waals surface area contributed by atoms with E-state index in [2.05, 4.69) is 4.98 Å². The number of aliphatic hydroxyl groups is 1. The Labute approximate surface area is 128 Å². The first-order chi connectivity index (χ1) is 10.00. The zero-order valence-electron chi connectivity index (χ0n) is 11.2. The van der Waals surface area contributed by atoms with Crippen LogP contribution in [-0.4, -0.2) is 42.0 Å². The maximum absolute atomic E-state index is 12.8. The maximum atomic E-state index is 12.8. The molecule has 0 saturated carbocycles. The van der Waals surface area contributed by atoms with Crippen LogP contribution >= 0.6 is 11.6 Å². The Balaban J connectivity index is 2.13. The van der Waals surface area contributed by atoms with Crippen molar-refractivity contribution < 1.29 is 13.5 Å². The van der Waals surface area contributed by atoms with Crippen LogP contribution in [0.15, 0.2) is 35.4 Å². The number of β-amino-alcohol motifs (C(OH)–C–C–N with tert-alkyl or cyclic N) is 1. The molecule has 5 nitrogen and oxygen atoms in total. The summed E-state index contributed by atoms with van der Waals surface area (Å²) in [6, 6.07) is 6.61. The molecule has 1 saturated heterocycles. The minimum atomic E-state index is -3.65. The molecule has 0 radical (unpaired) electrons. The van der Waals surface area contributed by atoms with Gasteiger partial charge in [0.1, 0.15) is 5.15 Å². The van der Waals surface area contributed by atoms with Gasteiger partial charge in [-0.3, -0.25) is 0 Å². The molecule has 1 unspecified atom stereocenters. The van der Waals surface area contributed by atoms with E-state index in [0.717, 1.165) is 0 Å². The summed E-state index contributed by atoms with van der Waals surface area (Å²) >= 11 is 6.03. The number of aromatic nitrogens is 1. The number of fused-ring (bicyclic) bond motifs is 1. The summed E-state index contributed by atoms with van der Waals surface area (Å²) in [5.74, 6) is 0. The molecule has 0 amide bonds. The van der Waals surface area contributed by atoms with Crippen LogP contribution in [0.1, 0.15) is 12.8 Å². The Hall–Kier alpha value is -1.21. The van der Waals surface area contributed by atoms with Crippen molar-refractivity contribution in [2.75, 3.05) is 13.1 Å². The van der Waals surface area contributed by atoms with Gasteiger partial charge in [-0.1, -0.05) is 23.7 Å². The fraction of sp³-hybridized carbons (Fsp3) is 0.357. The lowest BCUT2D eigenvalue weighted by atomic mass is 10.1. The highest BCUT2D eigenvalue weighted by molar-refractivity contribution is 7.89. The van der Waals surface area contributed by atoms with Gasteiger partial charge in [-0.15, -0.1) is 0 Å². The Kier molecular flexibility index (Phi) is 3.88. The molecule has 1 aliphatic rings. The van der Waals surface area contributed by atoms with Gasteiger partial charge in [-0.25, -0.2) is 13.4 Å². The van der Waals surface area contributed by atoms with Crippen molar-refractivity contribution in [2.24, 2.45) is 0 Å². The van der Waals surface area contributed by atoms with Crippen LogP contribution in [0.4, 0.5) is 0 Å². The van der Waals surface area contributed by atoms with E-state index < -0.39 is 16.1 Å². The quantitative estimate of drug-likeness (QED) is 0.857. The second kappa shape index (κ2) is 5.53. The predicted molar refractivity (Wildman–Crippen MR) is 80.8 cm³/mol. The molecule has 0 aliphatic carbocycles. The third-order valence-electron chi connectivity index (χ3n) is 3.69. The molecule has 1 aromatic heterocycles. The molecular formula is C14H15ClN2O3S. The summed E-state index contributed by atoms with van der Waals surface area (Å²) in [5.41, 5.74) is 0. The number of nitrogens with zero attached hydrogens (tertiary/aromatic N) is 2. The highest BCUT2D eigenvalue weighted by Crippen LogP contribution is 2.30. The van der Waals surface area contributed by atoms with Crippen molar-refractivity contribution in [3.05, 3.63) is 35.6 Å². The average molecular weight is 327 g/mol. The van der Waals surface area contributed by atoms with Gasteiger partial charge >= 0.3 is 0 Å². The number of piperidine rings is 1. The van der Waals surface area contributed by atoms with E-state index in [0.29, 0.717) is 30.2 Å². The van der Waals surface area contributed by atoms with Crippen molar-refractivity contribution in [2.45, 2.75) is 23.8 Å². The number of benzene rings is 1. The first kappa shape index (κ1) is 14.7. The minimum Gasteiger partial charge on any atom is -0.392 e. The number of halogens is 1. The van der Waals surface area contributed by atoms with E-state index in [9.17, 15) is 13.5 Å². The Morgan fingerprint density at radius 3 is 2.86 bits per heavy atom. The summed E-state index contributed by atoms with van der Waals surface area (Å²) in [6.45, 7) is 0.562. The van der Waals surface area contributed by atoms with Gasteiger partial charge < -0.3 is 5.11 Å². The van der Waals surface area contributed by atoms with Crippen LogP contribution < -0.4 is 0 Å². The second-order valence-electron chi connectivity index (χ2n) is 5.11. The standard InChI is InChI=1S/C14H15ClN2O3S/c15-14-12-4-1-5-13(11(12)6-7-16-14)21(19,20)17-8-2-3-10(18)9-17/h1,4-7,10,18H,2-3,8-9H2. The predicted octanol–water partition coefficient (Wildman–Crippen LogP) is 2.03. The third kappa shape index (κ3) is 2.64. The van der Waals surface area contributed by atoms with Gasteiger partial charge in [-0.2, -0.15) is 4.31 Å². The van der Waals surface area contributed by atoms with Gasteiger partial charge in [-0.05, 0) is 25.0 Å². The van der Waals surface area contributed by atoms with E-state index in [1.165, 1.54) is 10.5 Å². The number of hydrogen-bond acceptors (Lipinski definition) is 4. The second-order valence-corrected chi connectivity index (χ2v) is 7.38. The Morgan fingerprint density at radius 1 is 1.29 bits per heavy atom. The Morgan fingerprint density at radius 2 is 2.10 bits per heavy atom. The molecule has 0 bridgehead atoms. The zero-order valence-corrected chi connectivity index (χ0v) is 12.8. The summed E-state index contributed by atoms with van der Waals surface area (Å²) in [7, 11) is -3.65. The monoisotopic (exact) mass is 326 g/mol. The summed E-state index contributed by atoms with van der Waals surface area (Å²) in [6.07, 6.45) is 2.19. The van der Waals surface area contributed by atoms with Crippen LogP contribution in [0, 0.1) is 0 Å². The van der Waals surface area contributed by atoms with Gasteiger partial charge in [0, 0.05) is 30.1 Å². The molecule has 3 rings (SSSR count). The smallest absolute Gasteiger partial charge is 0.243 e. The first-order valence-corrected chi connectivity index (χ1v) is 8.53. The molecule has 1 N–H and O–H groups in total. The molecule has 2 aromatic rings. The highest BCUT2D eigenvalue weighted by Gasteiger charge is 2.30. The Bertz CT molecular complexity index is 779. The van der Waals surface area contributed by atoms with Crippen molar-refractivity contribution in [3.63, 3.8) is 0 Å². The van der Waals surface area contributed by atoms with Crippen LogP contribution in [0.2, 0.25) is 5.15 Å². The molecule has 7 heteroatoms. The highest BCUT2D eigenvalue weighted by atomic mass is 35.5. The molecule has 21 heavy (non-hydrogen) atoms. The van der Waals surface area contributed by atoms with E-state index in [1.807, 2.05) is 0 Å². The third-order valence-corrected chi connectivity index (χ3v) is 5.92. The fourth-order valence-electron chi connectivity index (χ4n) is 2.65. The molecule has 2 heterocycles. The lowest BCUT2D eigenvalue weighted by Crippen LogP contribution is -2.42. The van der Waals surface area contributed by atoms with Crippen LogP contribution in [0.25, 0.3) is 10.8 Å². The molecular weight excluding hydrogens is 312 g/mol. The van der Waals surface area contributed by atoms with Gasteiger partial charge in [0.05, 0.1) is 11.0 Å². The SMILES string of the molecule is O=S(=O)(c1cccc2c(Cl)nccc12)N1CCCC(O)C1. The van der Waals surface area contributed by atoms with Crippen LogP contribution in [-0.2, 0) is 10.0 Å². The van der Waals surface area contributed by atoms with Crippen molar-refractivity contribution in [1.29, 1.82) is 0 Å². The average Bonchev–Trinajstić information content (AvgIpc) is 2.47. The van der Waals surface area contributed by atoms with Crippen LogP contribution in [0.5, 0.6) is 0 Å². The first-order valence-electron chi connectivity index (χ1n) is 6.71. The van der Waals surface area contributed by atoms with E-state index >= 15 is 0 Å². The zero-order chi connectivity index (χ0) is 15.0. The molecule has 1 aliphatic heterocycles. The van der Waals surface area contributed by atoms with Gasteiger partial charge in [0.15, 0.2) is 0 Å². The van der Waals surface area contributed by atoms with E-state index in [4.69, 9.17) is 11.6 Å². The van der Waals surface area contributed by atoms with Crippen LogP contribution in [0.3, 0.4) is 0 Å². The number of rotatable bonds is 2. The fourth-order valence-corrected chi connectivity index (χ4v) is 4.59. The topological polar surface area (TPSA) is 70.5 Å². The summed E-state index contributed by atoms with van der Waals surface area (Å²) < 4.78 is 27.0. The summed E-state index contributed by atoms with van der Waals surface area (Å²) in [4.78, 5) is 4.18.